The van der Waals surface area contributed by atoms with Crippen molar-refractivity contribution >= 4 is 33.6 Å². The zero-order chi connectivity index (χ0) is 20.1. The molecule has 2 aromatic rings. The van der Waals surface area contributed by atoms with Gasteiger partial charge in [-0.25, -0.2) is 8.42 Å². The molecule has 0 bridgehead atoms. The second-order valence-electron chi connectivity index (χ2n) is 6.26. The Morgan fingerprint density at radius 2 is 1.79 bits per heavy atom. The Morgan fingerprint density at radius 3 is 2.46 bits per heavy atom. The molecule has 0 atom stereocenters. The minimum absolute atomic E-state index is 0.161. The molecule has 1 aliphatic rings. The van der Waals surface area contributed by atoms with Crippen molar-refractivity contribution in [3.05, 3.63) is 65.2 Å². The predicted molar refractivity (Wildman–Crippen MR) is 109 cm³/mol. The monoisotopic (exact) mass is 420 g/mol. The summed E-state index contributed by atoms with van der Waals surface area (Å²) in [7, 11) is -2.04. The smallest absolute Gasteiger partial charge is 0.246 e. The Bertz CT molecular complexity index is 983. The summed E-state index contributed by atoms with van der Waals surface area (Å²) in [6, 6.07) is 13.6. The Labute approximate surface area is 170 Å². The van der Waals surface area contributed by atoms with Crippen molar-refractivity contribution < 1.29 is 17.9 Å². The summed E-state index contributed by atoms with van der Waals surface area (Å²) in [5.74, 6) is 0.523. The number of hydrogen-bond donors (Lipinski definition) is 0. The highest BCUT2D eigenvalue weighted by atomic mass is 35.5. The van der Waals surface area contributed by atoms with E-state index in [1.54, 1.807) is 30.2 Å². The molecule has 148 valence electrons. The van der Waals surface area contributed by atoms with Crippen LogP contribution in [-0.4, -0.2) is 56.8 Å². The van der Waals surface area contributed by atoms with Crippen LogP contribution in [0.3, 0.4) is 0 Å². The van der Waals surface area contributed by atoms with Gasteiger partial charge in [0.2, 0.25) is 15.9 Å². The number of sulfonamides is 1. The molecule has 0 aromatic heterocycles. The first-order chi connectivity index (χ1) is 13.4. The number of methoxy groups -OCH3 is 1. The van der Waals surface area contributed by atoms with E-state index in [0.29, 0.717) is 23.9 Å². The van der Waals surface area contributed by atoms with E-state index < -0.39 is 10.0 Å². The lowest BCUT2D eigenvalue weighted by Crippen LogP contribution is -2.50. The van der Waals surface area contributed by atoms with E-state index >= 15 is 0 Å². The largest absolute Gasteiger partial charge is 0.496 e. The first-order valence-electron chi connectivity index (χ1n) is 8.77. The fourth-order valence-corrected chi connectivity index (χ4v) is 4.72. The van der Waals surface area contributed by atoms with E-state index in [9.17, 15) is 13.2 Å². The number of benzene rings is 2. The molecule has 0 N–H and O–H groups in total. The number of piperazine rings is 1. The molecule has 3 rings (SSSR count). The van der Waals surface area contributed by atoms with Crippen LogP contribution >= 0.6 is 11.6 Å². The van der Waals surface area contributed by atoms with Crippen LogP contribution in [0.15, 0.2) is 59.5 Å². The van der Waals surface area contributed by atoms with Crippen LogP contribution in [0.2, 0.25) is 5.02 Å². The number of halogens is 1. The van der Waals surface area contributed by atoms with Gasteiger partial charge < -0.3 is 9.64 Å². The number of hydrogen-bond acceptors (Lipinski definition) is 4. The van der Waals surface area contributed by atoms with Crippen LogP contribution in [-0.2, 0) is 14.8 Å². The normalized spacial score (nSPS) is 15.7. The summed E-state index contributed by atoms with van der Waals surface area (Å²) in [5.41, 5.74) is 0.806. The van der Waals surface area contributed by atoms with Gasteiger partial charge in [-0.15, -0.1) is 0 Å². The summed E-state index contributed by atoms with van der Waals surface area (Å²) >= 11 is 5.91. The predicted octanol–water partition coefficient (Wildman–Crippen LogP) is 2.89. The zero-order valence-corrected chi connectivity index (χ0v) is 17.0. The lowest BCUT2D eigenvalue weighted by atomic mass is 10.2. The van der Waals surface area contributed by atoms with Crippen molar-refractivity contribution in [2.24, 2.45) is 0 Å². The van der Waals surface area contributed by atoms with Gasteiger partial charge in [0.05, 0.1) is 12.0 Å². The number of carbonyl (C=O) groups excluding carboxylic acids is 1. The van der Waals surface area contributed by atoms with Crippen LogP contribution in [0, 0.1) is 0 Å². The molecule has 8 heteroatoms. The minimum atomic E-state index is -3.62. The molecule has 6 nitrogen and oxygen atoms in total. The third kappa shape index (κ3) is 4.55. The molecule has 0 saturated carbocycles. The highest BCUT2D eigenvalue weighted by Crippen LogP contribution is 2.21. The van der Waals surface area contributed by atoms with E-state index in [1.165, 1.54) is 22.5 Å². The van der Waals surface area contributed by atoms with E-state index in [0.717, 1.165) is 5.56 Å². The highest BCUT2D eigenvalue weighted by Gasteiger charge is 2.29. The Kier molecular flexibility index (Phi) is 6.39. The molecule has 1 heterocycles. The van der Waals surface area contributed by atoms with Gasteiger partial charge in [-0.2, -0.15) is 4.31 Å². The maximum atomic E-state index is 12.7. The molecule has 1 fully saturated rings. The molecule has 0 aliphatic carbocycles. The standard InChI is InChI=1S/C20H21ClN2O4S/c1-27-19-8-3-2-5-16(19)9-10-20(24)22-11-13-23(14-12-22)28(25,26)18-7-4-6-17(21)15-18/h2-10,15H,11-14H2,1H3. The fourth-order valence-electron chi connectivity index (χ4n) is 3.00. The fraction of sp³-hybridized carbons (Fsp3) is 0.250. The average Bonchev–Trinajstić information content (AvgIpc) is 2.72. The molecule has 0 spiro atoms. The molecule has 2 aromatic carbocycles. The van der Waals surface area contributed by atoms with Crippen LogP contribution in [0.4, 0.5) is 0 Å². The topological polar surface area (TPSA) is 66.9 Å². The molecule has 1 saturated heterocycles. The number of amides is 1. The number of carbonyl (C=O) groups is 1. The van der Waals surface area contributed by atoms with Gasteiger partial charge in [0, 0.05) is 42.8 Å². The summed E-state index contributed by atoms with van der Waals surface area (Å²) in [4.78, 5) is 14.3. The van der Waals surface area contributed by atoms with Gasteiger partial charge in [-0.3, -0.25) is 4.79 Å². The van der Waals surface area contributed by atoms with Crippen molar-refractivity contribution in [1.82, 2.24) is 9.21 Å². The number of nitrogens with zero attached hydrogens (tertiary/aromatic N) is 2. The first-order valence-corrected chi connectivity index (χ1v) is 10.6. The SMILES string of the molecule is COc1ccccc1C=CC(=O)N1CCN(S(=O)(=O)c2cccc(Cl)c2)CC1. The maximum absolute atomic E-state index is 12.7. The van der Waals surface area contributed by atoms with E-state index in [-0.39, 0.29) is 23.9 Å². The van der Waals surface area contributed by atoms with Crippen LogP contribution < -0.4 is 4.74 Å². The molecule has 0 unspecified atom stereocenters. The van der Waals surface area contributed by atoms with Crippen molar-refractivity contribution in [2.75, 3.05) is 33.3 Å². The van der Waals surface area contributed by atoms with Gasteiger partial charge in [-0.05, 0) is 30.3 Å². The second kappa shape index (κ2) is 8.77. The van der Waals surface area contributed by atoms with E-state index in [1.807, 2.05) is 24.3 Å². The number of para-hydroxylation sites is 1. The molecular formula is C20H21ClN2O4S. The van der Waals surface area contributed by atoms with Gasteiger partial charge >= 0.3 is 0 Å². The third-order valence-corrected chi connectivity index (χ3v) is 6.66. The third-order valence-electron chi connectivity index (χ3n) is 4.53. The molecular weight excluding hydrogens is 400 g/mol. The van der Waals surface area contributed by atoms with Crippen molar-refractivity contribution in [3.63, 3.8) is 0 Å². The van der Waals surface area contributed by atoms with Gasteiger partial charge in [0.1, 0.15) is 5.75 Å². The minimum Gasteiger partial charge on any atom is -0.496 e. The maximum Gasteiger partial charge on any atom is 0.246 e. The van der Waals surface area contributed by atoms with Crippen molar-refractivity contribution in [1.29, 1.82) is 0 Å². The zero-order valence-electron chi connectivity index (χ0n) is 15.4. The lowest BCUT2D eigenvalue weighted by Gasteiger charge is -2.33. The van der Waals surface area contributed by atoms with Crippen molar-refractivity contribution in [3.8, 4) is 5.75 Å². The lowest BCUT2D eigenvalue weighted by molar-refractivity contribution is -0.127. The van der Waals surface area contributed by atoms with E-state index in [2.05, 4.69) is 0 Å². The Hall–Kier alpha value is -2.35. The Morgan fingerprint density at radius 1 is 1.07 bits per heavy atom. The first kappa shape index (κ1) is 20.4. The average molecular weight is 421 g/mol. The van der Waals surface area contributed by atoms with Crippen LogP contribution in [0.25, 0.3) is 6.08 Å². The quantitative estimate of drug-likeness (QED) is 0.697. The molecule has 1 amide bonds. The summed E-state index contributed by atoms with van der Waals surface area (Å²) in [6.07, 6.45) is 3.19. The van der Waals surface area contributed by atoms with Gasteiger partial charge in [-0.1, -0.05) is 35.9 Å². The summed E-state index contributed by atoms with van der Waals surface area (Å²) in [6.45, 7) is 1.13. The second-order valence-corrected chi connectivity index (χ2v) is 8.64. The highest BCUT2D eigenvalue weighted by molar-refractivity contribution is 7.89. The van der Waals surface area contributed by atoms with Crippen LogP contribution in [0.1, 0.15) is 5.56 Å². The van der Waals surface area contributed by atoms with Gasteiger partial charge in [0.15, 0.2) is 0 Å². The van der Waals surface area contributed by atoms with E-state index in [4.69, 9.17) is 16.3 Å². The molecule has 0 radical (unpaired) electrons. The summed E-state index contributed by atoms with van der Waals surface area (Å²) < 4.78 is 32.1. The Balaban J connectivity index is 1.63. The van der Waals surface area contributed by atoms with Crippen LogP contribution in [0.5, 0.6) is 5.75 Å². The molecule has 1 aliphatic heterocycles. The van der Waals surface area contributed by atoms with Gasteiger partial charge in [0.25, 0.3) is 0 Å². The molecule has 28 heavy (non-hydrogen) atoms. The number of ether oxygens (including phenoxy) is 1. The van der Waals surface area contributed by atoms with Crippen molar-refractivity contribution in [2.45, 2.75) is 4.90 Å². The summed E-state index contributed by atoms with van der Waals surface area (Å²) in [5, 5.41) is 0.372. The number of rotatable bonds is 5.